The number of amides is 2. The number of aliphatic hydroxyl groups excluding tert-OH is 1. The van der Waals surface area contributed by atoms with Crippen molar-refractivity contribution in [3.8, 4) is 0 Å². The molecule has 0 radical (unpaired) electrons. The van der Waals surface area contributed by atoms with Crippen LogP contribution in [0.3, 0.4) is 0 Å². The van der Waals surface area contributed by atoms with Crippen molar-refractivity contribution in [1.29, 1.82) is 0 Å². The van der Waals surface area contributed by atoms with E-state index in [1.165, 1.54) is 18.3 Å². The fourth-order valence-electron chi connectivity index (χ4n) is 6.82. The van der Waals surface area contributed by atoms with Gasteiger partial charge in [0.1, 0.15) is 10.7 Å². The predicted octanol–water partition coefficient (Wildman–Crippen LogP) is 5.70. The summed E-state index contributed by atoms with van der Waals surface area (Å²) < 4.78 is 5.78. The number of benzene rings is 1. The first kappa shape index (κ1) is 40.3. The van der Waals surface area contributed by atoms with Crippen molar-refractivity contribution in [3.05, 3.63) is 52.0 Å². The Morgan fingerprint density at radius 1 is 1.06 bits per heavy atom. The topological polar surface area (TPSA) is 129 Å². The van der Waals surface area contributed by atoms with E-state index >= 15 is 0 Å². The number of Topliss-reactive ketones (excluding diaryl/α,β-unsaturated/α-hetero) is 1. The summed E-state index contributed by atoms with van der Waals surface area (Å²) in [6.45, 7) is 12.2. The van der Waals surface area contributed by atoms with Crippen LogP contribution in [0.15, 0.2) is 35.7 Å². The first-order chi connectivity index (χ1) is 23.2. The number of thiazole rings is 1. The smallest absolute Gasteiger partial charge is 0.303 e. The minimum Gasteiger partial charge on any atom is -0.455 e. The van der Waals surface area contributed by atoms with E-state index in [1.807, 2.05) is 72.0 Å². The zero-order valence-corrected chi connectivity index (χ0v) is 31.5. The molecule has 0 aliphatic carbocycles. The lowest BCUT2D eigenvalue weighted by molar-refractivity contribution is -0.149. The van der Waals surface area contributed by atoms with E-state index in [4.69, 9.17) is 4.74 Å². The molecule has 1 aromatic carbocycles. The second-order valence-corrected chi connectivity index (χ2v) is 15.5. The molecule has 0 bridgehead atoms. The zero-order chi connectivity index (χ0) is 36.2. The van der Waals surface area contributed by atoms with Crippen molar-refractivity contribution in [1.82, 2.24) is 20.1 Å². The average molecular weight is 699 g/mol. The first-order valence-corrected chi connectivity index (χ1v) is 18.7. The second kappa shape index (κ2) is 19.3. The van der Waals surface area contributed by atoms with E-state index in [2.05, 4.69) is 15.2 Å². The molecule has 0 unspecified atom stereocenters. The van der Waals surface area contributed by atoms with Gasteiger partial charge >= 0.3 is 5.97 Å². The Morgan fingerprint density at radius 2 is 1.76 bits per heavy atom. The number of aliphatic hydroxyl groups is 1. The number of carbonyl (C=O) groups excluding carboxylic acids is 4. The number of piperidine rings is 1. The third kappa shape index (κ3) is 12.0. The molecular formula is C38H58N4O6S. The van der Waals surface area contributed by atoms with Crippen LogP contribution in [0.5, 0.6) is 0 Å². The van der Waals surface area contributed by atoms with Crippen molar-refractivity contribution in [2.75, 3.05) is 27.2 Å². The first-order valence-electron chi connectivity index (χ1n) is 17.8. The van der Waals surface area contributed by atoms with Gasteiger partial charge in [0.2, 0.25) is 5.91 Å². The maximum atomic E-state index is 14.1. The summed E-state index contributed by atoms with van der Waals surface area (Å²) in [6, 6.07) is 9.21. The van der Waals surface area contributed by atoms with Gasteiger partial charge in [0.15, 0.2) is 11.9 Å². The largest absolute Gasteiger partial charge is 0.455 e. The molecule has 49 heavy (non-hydrogen) atoms. The Morgan fingerprint density at radius 3 is 2.35 bits per heavy atom. The molecule has 0 spiro atoms. The van der Waals surface area contributed by atoms with Crippen molar-refractivity contribution < 1.29 is 29.0 Å². The number of rotatable bonds is 18. The van der Waals surface area contributed by atoms with Crippen LogP contribution >= 0.6 is 11.3 Å². The molecular weight excluding hydrogens is 641 g/mol. The number of ether oxygens (including phenoxy) is 1. The van der Waals surface area contributed by atoms with Gasteiger partial charge in [0, 0.05) is 56.8 Å². The zero-order valence-electron chi connectivity index (χ0n) is 30.7. The molecule has 10 nitrogen and oxygen atoms in total. The molecule has 0 saturated carbocycles. The van der Waals surface area contributed by atoms with Crippen LogP contribution in [-0.2, 0) is 25.5 Å². The summed E-state index contributed by atoms with van der Waals surface area (Å²) in [5.41, 5.74) is 1.30. The minimum absolute atomic E-state index is 0.00281. The van der Waals surface area contributed by atoms with Crippen molar-refractivity contribution in [3.63, 3.8) is 0 Å². The lowest BCUT2D eigenvalue weighted by atomic mass is 9.84. The monoisotopic (exact) mass is 698 g/mol. The number of hydrogen-bond donors (Lipinski definition) is 2. The highest BCUT2D eigenvalue weighted by atomic mass is 32.1. The second-order valence-electron chi connectivity index (χ2n) is 14.6. The molecule has 1 fully saturated rings. The Kier molecular flexibility index (Phi) is 15.9. The van der Waals surface area contributed by atoms with Gasteiger partial charge in [-0.25, -0.2) is 4.98 Å². The summed E-state index contributed by atoms with van der Waals surface area (Å²) in [7, 11) is 3.75. The van der Waals surface area contributed by atoms with Crippen LogP contribution in [0, 0.1) is 23.7 Å². The molecule has 3 rings (SSSR count). The van der Waals surface area contributed by atoms with E-state index in [0.29, 0.717) is 24.3 Å². The van der Waals surface area contributed by atoms with Crippen LogP contribution in [0.1, 0.15) is 107 Å². The van der Waals surface area contributed by atoms with Crippen molar-refractivity contribution >= 4 is 34.9 Å². The molecule has 11 heteroatoms. The summed E-state index contributed by atoms with van der Waals surface area (Å²) in [5.74, 6) is -1.28. The molecule has 1 aromatic heterocycles. The van der Waals surface area contributed by atoms with Crippen LogP contribution in [0.25, 0.3) is 0 Å². The molecule has 2 aromatic rings. The standard InChI is InChI=1S/C38H58N4O6S/c1-24(2)30(20-34(45)32-16-12-13-17-41(32)7)38(47)42(8)33(25(3)4)21-35(48-27(6)44)37-40-31(23-49-37)36(46)39-29(18-26(5)22-43)19-28-14-10-9-11-15-28/h9-11,14-15,23-26,29-30,32-33,35,43H,12-13,16-22H2,1-8H3,(H,39,46)/t26-,29+,30-,32+,33+,35+/m0/s1. The van der Waals surface area contributed by atoms with E-state index in [9.17, 15) is 24.3 Å². The third-order valence-electron chi connectivity index (χ3n) is 9.75. The van der Waals surface area contributed by atoms with Gasteiger partial charge < -0.3 is 20.1 Å². The highest BCUT2D eigenvalue weighted by Gasteiger charge is 2.37. The molecule has 2 heterocycles. The summed E-state index contributed by atoms with van der Waals surface area (Å²) in [6.07, 6.45) is 3.86. The maximum Gasteiger partial charge on any atom is 0.303 e. The van der Waals surface area contributed by atoms with E-state index < -0.39 is 18.0 Å². The summed E-state index contributed by atoms with van der Waals surface area (Å²) in [4.78, 5) is 61.7. The number of carbonyl (C=O) groups is 4. The minimum atomic E-state index is -0.767. The predicted molar refractivity (Wildman–Crippen MR) is 193 cm³/mol. The average Bonchev–Trinajstić information content (AvgIpc) is 3.55. The quantitative estimate of drug-likeness (QED) is 0.190. The molecule has 272 valence electrons. The number of aromatic nitrogens is 1. The Labute approximate surface area is 297 Å². The molecule has 1 saturated heterocycles. The van der Waals surface area contributed by atoms with Gasteiger partial charge in [-0.05, 0) is 62.6 Å². The fourth-order valence-corrected chi connectivity index (χ4v) is 7.65. The maximum absolute atomic E-state index is 14.1. The Bertz CT molecular complexity index is 1360. The number of nitrogens with zero attached hydrogens (tertiary/aromatic N) is 3. The van der Waals surface area contributed by atoms with Gasteiger partial charge in [0.05, 0.1) is 6.04 Å². The van der Waals surface area contributed by atoms with Crippen LogP contribution in [0.2, 0.25) is 0 Å². The Balaban J connectivity index is 1.78. The molecule has 2 N–H and O–H groups in total. The summed E-state index contributed by atoms with van der Waals surface area (Å²) >= 11 is 1.24. The van der Waals surface area contributed by atoms with Gasteiger partial charge in [0.25, 0.3) is 5.91 Å². The lowest BCUT2D eigenvalue weighted by Gasteiger charge is -2.37. The van der Waals surface area contributed by atoms with Crippen molar-refractivity contribution in [2.24, 2.45) is 23.7 Å². The van der Waals surface area contributed by atoms with Gasteiger partial charge in [-0.1, -0.05) is 71.4 Å². The SMILES string of the molecule is CC(=O)O[C@H](C[C@H](C(C)C)N(C)C(=O)[C@@H](CC(=O)[C@H]1CCCCN1C)C(C)C)c1nc(C(=O)N[C@@H](Cc2ccccc2)C[C@H](C)CO)cs1. The highest BCUT2D eigenvalue weighted by molar-refractivity contribution is 7.09. The number of likely N-dealkylation sites (N-methyl/N-ethyl adjacent to an activating group) is 1. The van der Waals surface area contributed by atoms with E-state index in [0.717, 1.165) is 31.4 Å². The number of nitrogens with one attached hydrogen (secondary N) is 1. The molecule has 6 atom stereocenters. The fraction of sp³-hybridized carbons (Fsp3) is 0.658. The lowest BCUT2D eigenvalue weighted by Crippen LogP contribution is -2.48. The third-order valence-corrected chi connectivity index (χ3v) is 10.7. The van der Waals surface area contributed by atoms with E-state index in [1.54, 1.807) is 17.3 Å². The van der Waals surface area contributed by atoms with Gasteiger partial charge in [-0.2, -0.15) is 0 Å². The number of esters is 1. The number of likely N-dealkylation sites (tertiary alicyclic amines) is 1. The number of hydrogen-bond acceptors (Lipinski definition) is 9. The van der Waals surface area contributed by atoms with Crippen molar-refractivity contribution in [2.45, 2.75) is 111 Å². The van der Waals surface area contributed by atoms with Gasteiger partial charge in [-0.3, -0.25) is 24.1 Å². The molecule has 2 amide bonds. The highest BCUT2D eigenvalue weighted by Crippen LogP contribution is 2.32. The van der Waals surface area contributed by atoms with E-state index in [-0.39, 0.29) is 72.2 Å². The van der Waals surface area contributed by atoms with Gasteiger partial charge in [-0.15, -0.1) is 11.3 Å². The van der Waals surface area contributed by atoms with Crippen LogP contribution < -0.4 is 5.32 Å². The Hall–Kier alpha value is -3.15. The molecule has 1 aliphatic rings. The molecule has 1 aliphatic heterocycles. The van der Waals surface area contributed by atoms with Crippen LogP contribution in [-0.4, -0.2) is 88.8 Å². The normalized spacial score (nSPS) is 18.4. The summed E-state index contributed by atoms with van der Waals surface area (Å²) in [5, 5.41) is 14.9. The number of ketones is 1. The van der Waals surface area contributed by atoms with Crippen LogP contribution in [0.4, 0.5) is 0 Å².